The monoisotopic (exact) mass is 113 g/mol. The number of nitrogens with two attached hydrogens (primary N) is 1. The number of hydrogen-bond donors (Lipinski definition) is 1. The van der Waals surface area contributed by atoms with Gasteiger partial charge in [-0.05, 0) is 12.3 Å². The average Bonchev–Trinajstić information content (AvgIpc) is 2.42. The highest BCUT2D eigenvalue weighted by Gasteiger charge is 2.39. The molecule has 2 atom stereocenters. The molecular weight excluding hydrogens is 102 g/mol. The lowest BCUT2D eigenvalue weighted by atomic mass is 10.2. The Morgan fingerprint density at radius 1 is 1.88 bits per heavy atom. The van der Waals surface area contributed by atoms with E-state index in [4.69, 9.17) is 5.73 Å². The topological polar surface area (TPSA) is 43.1 Å². The Balaban J connectivity index is 2.26. The summed E-state index contributed by atoms with van der Waals surface area (Å²) in [6.45, 7) is 2.09. The number of hydrogen-bond acceptors (Lipinski definition) is 1. The predicted octanol–water partition coefficient (Wildman–Crippen LogP) is 0.518. The second-order valence-electron chi connectivity index (χ2n) is 2.41. The minimum absolute atomic E-state index is 0.114. The summed E-state index contributed by atoms with van der Waals surface area (Å²) < 4.78 is 0. The second-order valence-corrected chi connectivity index (χ2v) is 2.41. The first-order valence-corrected chi connectivity index (χ1v) is 3.05. The van der Waals surface area contributed by atoms with Gasteiger partial charge < -0.3 is 5.73 Å². The fourth-order valence-corrected chi connectivity index (χ4v) is 1.05. The fourth-order valence-electron chi connectivity index (χ4n) is 1.05. The van der Waals surface area contributed by atoms with Crippen molar-refractivity contribution in [2.45, 2.75) is 19.8 Å². The molecule has 0 saturated heterocycles. The van der Waals surface area contributed by atoms with E-state index in [0.29, 0.717) is 5.92 Å². The molecule has 1 fully saturated rings. The molecule has 0 spiro atoms. The van der Waals surface area contributed by atoms with Gasteiger partial charge in [-0.15, -0.1) is 0 Å². The molecule has 1 amide bonds. The molecule has 1 aliphatic carbocycles. The van der Waals surface area contributed by atoms with Crippen LogP contribution in [-0.4, -0.2) is 5.91 Å². The summed E-state index contributed by atoms with van der Waals surface area (Å²) in [7, 11) is 0. The highest BCUT2D eigenvalue weighted by molar-refractivity contribution is 5.79. The van der Waals surface area contributed by atoms with E-state index in [0.717, 1.165) is 12.8 Å². The maximum absolute atomic E-state index is 10.4. The molecule has 0 aromatic rings. The smallest absolute Gasteiger partial charge is 0.220 e. The second kappa shape index (κ2) is 1.77. The van der Waals surface area contributed by atoms with Gasteiger partial charge in [0.05, 0.1) is 0 Å². The van der Waals surface area contributed by atoms with Gasteiger partial charge in [0.25, 0.3) is 0 Å². The van der Waals surface area contributed by atoms with Crippen LogP contribution < -0.4 is 5.73 Å². The van der Waals surface area contributed by atoms with Crippen LogP contribution in [0.25, 0.3) is 0 Å². The normalized spacial score (nSPS) is 34.6. The number of carbonyl (C=O) groups excluding carboxylic acids is 1. The van der Waals surface area contributed by atoms with E-state index in [9.17, 15) is 4.79 Å². The van der Waals surface area contributed by atoms with Crippen molar-refractivity contribution >= 4 is 5.91 Å². The summed E-state index contributed by atoms with van der Waals surface area (Å²) in [5.74, 6) is 0.726. The fraction of sp³-hybridized carbons (Fsp3) is 0.833. The Kier molecular flexibility index (Phi) is 1.24. The van der Waals surface area contributed by atoms with Gasteiger partial charge in [0.2, 0.25) is 5.91 Å². The van der Waals surface area contributed by atoms with E-state index in [1.165, 1.54) is 0 Å². The highest BCUT2D eigenvalue weighted by Crippen LogP contribution is 2.40. The zero-order chi connectivity index (χ0) is 6.15. The Morgan fingerprint density at radius 3 is 2.62 bits per heavy atom. The minimum atomic E-state index is -0.114. The number of carbonyl (C=O) groups is 1. The third kappa shape index (κ3) is 0.831. The van der Waals surface area contributed by atoms with Crippen LogP contribution in [0.4, 0.5) is 0 Å². The molecule has 2 N–H and O–H groups in total. The summed E-state index contributed by atoms with van der Waals surface area (Å²) >= 11 is 0. The van der Waals surface area contributed by atoms with Crippen molar-refractivity contribution in [3.8, 4) is 0 Å². The van der Waals surface area contributed by atoms with E-state index >= 15 is 0 Å². The van der Waals surface area contributed by atoms with E-state index in [-0.39, 0.29) is 11.8 Å². The van der Waals surface area contributed by atoms with E-state index in [2.05, 4.69) is 6.92 Å². The first-order chi connectivity index (χ1) is 3.75. The third-order valence-electron chi connectivity index (χ3n) is 1.81. The van der Waals surface area contributed by atoms with Crippen molar-refractivity contribution in [2.24, 2.45) is 17.6 Å². The number of primary amides is 1. The van der Waals surface area contributed by atoms with Crippen molar-refractivity contribution in [1.29, 1.82) is 0 Å². The molecule has 0 bridgehead atoms. The lowest BCUT2D eigenvalue weighted by molar-refractivity contribution is -0.119. The summed E-state index contributed by atoms with van der Waals surface area (Å²) in [5.41, 5.74) is 5.02. The van der Waals surface area contributed by atoms with Gasteiger partial charge in [-0.3, -0.25) is 4.79 Å². The summed E-state index contributed by atoms with van der Waals surface area (Å²) in [5, 5.41) is 0. The Bertz CT molecular complexity index is 111. The van der Waals surface area contributed by atoms with Gasteiger partial charge in [0.1, 0.15) is 0 Å². The first-order valence-electron chi connectivity index (χ1n) is 3.05. The van der Waals surface area contributed by atoms with Crippen LogP contribution in [0.3, 0.4) is 0 Å². The van der Waals surface area contributed by atoms with Crippen LogP contribution in [0.1, 0.15) is 19.8 Å². The van der Waals surface area contributed by atoms with Crippen molar-refractivity contribution in [1.82, 2.24) is 0 Å². The van der Waals surface area contributed by atoms with E-state index in [1.54, 1.807) is 0 Å². The lowest BCUT2D eigenvalue weighted by Gasteiger charge is -1.86. The number of rotatable bonds is 2. The van der Waals surface area contributed by atoms with Gasteiger partial charge in [-0.1, -0.05) is 13.3 Å². The molecule has 1 saturated carbocycles. The molecule has 0 aromatic carbocycles. The van der Waals surface area contributed by atoms with Gasteiger partial charge in [-0.25, -0.2) is 0 Å². The highest BCUT2D eigenvalue weighted by atomic mass is 16.1. The summed E-state index contributed by atoms with van der Waals surface area (Å²) in [6, 6.07) is 0. The molecule has 2 heteroatoms. The van der Waals surface area contributed by atoms with Crippen LogP contribution in [0.2, 0.25) is 0 Å². The maximum atomic E-state index is 10.4. The van der Waals surface area contributed by atoms with E-state index < -0.39 is 0 Å². The first kappa shape index (κ1) is 5.60. The summed E-state index contributed by atoms with van der Waals surface area (Å²) in [4.78, 5) is 10.4. The molecule has 0 aromatic heterocycles. The molecule has 0 heterocycles. The summed E-state index contributed by atoms with van der Waals surface area (Å²) in [6.07, 6.45) is 2.14. The van der Waals surface area contributed by atoms with Gasteiger partial charge in [-0.2, -0.15) is 0 Å². The third-order valence-corrected chi connectivity index (χ3v) is 1.81. The van der Waals surface area contributed by atoms with Crippen molar-refractivity contribution < 1.29 is 4.79 Å². The van der Waals surface area contributed by atoms with Gasteiger partial charge in [0, 0.05) is 5.92 Å². The Morgan fingerprint density at radius 2 is 2.50 bits per heavy atom. The zero-order valence-corrected chi connectivity index (χ0v) is 5.05. The van der Waals surface area contributed by atoms with Crippen molar-refractivity contribution in [2.75, 3.05) is 0 Å². The van der Waals surface area contributed by atoms with Crippen LogP contribution in [-0.2, 0) is 4.79 Å². The standard InChI is InChI=1S/C6H11NO/c1-2-4-3-5(4)6(7)8/h4-5H,2-3H2,1H3,(H2,7,8)/t4-,5-/m1/s1. The van der Waals surface area contributed by atoms with Gasteiger partial charge in [0.15, 0.2) is 0 Å². The molecule has 0 aliphatic heterocycles. The molecule has 0 unspecified atom stereocenters. The van der Waals surface area contributed by atoms with Gasteiger partial charge >= 0.3 is 0 Å². The SMILES string of the molecule is CC[C@@H]1C[C@H]1C(N)=O. The molecule has 46 valence electrons. The van der Waals surface area contributed by atoms with E-state index in [1.807, 2.05) is 0 Å². The van der Waals surface area contributed by atoms with Crippen LogP contribution in [0.15, 0.2) is 0 Å². The molecule has 1 rings (SSSR count). The largest absolute Gasteiger partial charge is 0.369 e. The maximum Gasteiger partial charge on any atom is 0.220 e. The number of amides is 1. The van der Waals surface area contributed by atoms with Crippen LogP contribution >= 0.6 is 0 Å². The molecule has 1 aliphatic rings. The zero-order valence-electron chi connectivity index (χ0n) is 5.05. The minimum Gasteiger partial charge on any atom is -0.369 e. The van der Waals surface area contributed by atoms with Crippen molar-refractivity contribution in [3.63, 3.8) is 0 Å². The Hall–Kier alpha value is -0.530. The molecule has 2 nitrogen and oxygen atoms in total. The molecule has 0 radical (unpaired) electrons. The van der Waals surface area contributed by atoms with Crippen LogP contribution in [0.5, 0.6) is 0 Å². The Labute approximate surface area is 49.1 Å². The predicted molar refractivity (Wildman–Crippen MR) is 31.1 cm³/mol. The average molecular weight is 113 g/mol. The van der Waals surface area contributed by atoms with Crippen molar-refractivity contribution in [3.05, 3.63) is 0 Å². The lowest BCUT2D eigenvalue weighted by Crippen LogP contribution is -2.13. The quantitative estimate of drug-likeness (QED) is 0.557. The molecule has 8 heavy (non-hydrogen) atoms. The van der Waals surface area contributed by atoms with Crippen LogP contribution in [0, 0.1) is 11.8 Å². The molecular formula is C6H11NO.